The van der Waals surface area contributed by atoms with Gasteiger partial charge in [0.2, 0.25) is 0 Å². The standard InChI is InChI=1S/C7H11IO/c1-6(3-4-9)7(2)5-8/h4-6H,3H2,1-2H3/b7-5+/t6-/m0/s1. The fraction of sp³-hybridized carbons (Fsp3) is 0.571. The summed E-state index contributed by atoms with van der Waals surface area (Å²) in [7, 11) is 0. The molecule has 0 aromatic rings. The maximum Gasteiger partial charge on any atom is 0.120 e. The van der Waals surface area contributed by atoms with Gasteiger partial charge in [-0.2, -0.15) is 0 Å². The lowest BCUT2D eigenvalue weighted by Gasteiger charge is -2.04. The molecular weight excluding hydrogens is 227 g/mol. The van der Waals surface area contributed by atoms with Crippen molar-refractivity contribution in [3.05, 3.63) is 9.66 Å². The second-order valence-electron chi connectivity index (χ2n) is 2.16. The molecule has 0 rings (SSSR count). The summed E-state index contributed by atoms with van der Waals surface area (Å²) >= 11 is 2.19. The Balaban J connectivity index is 3.72. The molecule has 0 N–H and O–H groups in total. The SMILES string of the molecule is C/C(=C\I)[C@@H](C)CC=O. The largest absolute Gasteiger partial charge is 0.303 e. The molecule has 0 saturated heterocycles. The van der Waals surface area contributed by atoms with E-state index < -0.39 is 0 Å². The number of carbonyl (C=O) groups is 1. The van der Waals surface area contributed by atoms with Crippen LogP contribution in [0.15, 0.2) is 9.66 Å². The van der Waals surface area contributed by atoms with Gasteiger partial charge in [-0.15, -0.1) is 0 Å². The molecule has 0 fully saturated rings. The van der Waals surface area contributed by atoms with Gasteiger partial charge in [0.1, 0.15) is 6.29 Å². The van der Waals surface area contributed by atoms with Crippen LogP contribution in [-0.2, 0) is 4.79 Å². The molecule has 52 valence electrons. The maximum atomic E-state index is 10.0. The molecule has 0 aromatic carbocycles. The van der Waals surface area contributed by atoms with Gasteiger partial charge in [-0.05, 0) is 16.9 Å². The fourth-order valence-corrected chi connectivity index (χ4v) is 1.05. The molecule has 1 nitrogen and oxygen atoms in total. The Labute approximate surface area is 69.7 Å². The first-order valence-electron chi connectivity index (χ1n) is 2.93. The minimum Gasteiger partial charge on any atom is -0.303 e. The van der Waals surface area contributed by atoms with Crippen molar-refractivity contribution >= 4 is 28.9 Å². The van der Waals surface area contributed by atoms with E-state index in [4.69, 9.17) is 0 Å². The summed E-state index contributed by atoms with van der Waals surface area (Å²) in [6.45, 7) is 4.10. The first-order chi connectivity index (χ1) is 4.22. The summed E-state index contributed by atoms with van der Waals surface area (Å²) in [5.74, 6) is 0.416. The van der Waals surface area contributed by atoms with E-state index in [1.54, 1.807) is 0 Å². The third-order valence-corrected chi connectivity index (χ3v) is 2.38. The van der Waals surface area contributed by atoms with Gasteiger partial charge < -0.3 is 4.79 Å². The van der Waals surface area contributed by atoms with Crippen molar-refractivity contribution in [3.8, 4) is 0 Å². The normalized spacial score (nSPS) is 15.2. The molecule has 0 aliphatic rings. The Morgan fingerprint density at radius 1 is 1.78 bits per heavy atom. The van der Waals surface area contributed by atoms with Crippen LogP contribution in [0.1, 0.15) is 20.3 Å². The van der Waals surface area contributed by atoms with Crippen molar-refractivity contribution in [3.63, 3.8) is 0 Å². The topological polar surface area (TPSA) is 17.1 Å². The summed E-state index contributed by atoms with van der Waals surface area (Å²) in [4.78, 5) is 10.0. The monoisotopic (exact) mass is 238 g/mol. The van der Waals surface area contributed by atoms with Gasteiger partial charge in [-0.25, -0.2) is 0 Å². The van der Waals surface area contributed by atoms with E-state index in [1.165, 1.54) is 5.57 Å². The van der Waals surface area contributed by atoms with E-state index in [1.807, 2.05) is 11.0 Å². The summed E-state index contributed by atoms with van der Waals surface area (Å²) in [6, 6.07) is 0. The second-order valence-corrected chi connectivity index (χ2v) is 2.78. The average molecular weight is 238 g/mol. The van der Waals surface area contributed by atoms with E-state index in [0.717, 1.165) is 6.29 Å². The minimum atomic E-state index is 0.416. The number of hydrogen-bond donors (Lipinski definition) is 0. The molecule has 0 heterocycles. The van der Waals surface area contributed by atoms with Crippen LogP contribution in [0.5, 0.6) is 0 Å². The van der Waals surface area contributed by atoms with Crippen LogP contribution in [-0.4, -0.2) is 6.29 Å². The Morgan fingerprint density at radius 3 is 2.67 bits per heavy atom. The van der Waals surface area contributed by atoms with Crippen molar-refractivity contribution in [1.29, 1.82) is 0 Å². The number of allylic oxidation sites excluding steroid dienone is 1. The predicted octanol–water partition coefficient (Wildman–Crippen LogP) is 2.55. The van der Waals surface area contributed by atoms with Crippen molar-refractivity contribution in [2.24, 2.45) is 5.92 Å². The van der Waals surface area contributed by atoms with Crippen LogP contribution in [0.4, 0.5) is 0 Å². The van der Waals surface area contributed by atoms with Gasteiger partial charge in [-0.3, -0.25) is 0 Å². The average Bonchev–Trinajstić information content (AvgIpc) is 1.87. The number of rotatable bonds is 3. The van der Waals surface area contributed by atoms with E-state index in [-0.39, 0.29) is 0 Å². The molecule has 0 spiro atoms. The number of halogens is 1. The quantitative estimate of drug-likeness (QED) is 0.545. The van der Waals surface area contributed by atoms with Crippen molar-refractivity contribution in [2.45, 2.75) is 20.3 Å². The molecule has 0 radical (unpaired) electrons. The minimum absolute atomic E-state index is 0.416. The van der Waals surface area contributed by atoms with E-state index >= 15 is 0 Å². The van der Waals surface area contributed by atoms with Crippen LogP contribution < -0.4 is 0 Å². The van der Waals surface area contributed by atoms with Crippen molar-refractivity contribution in [1.82, 2.24) is 0 Å². The molecule has 0 saturated carbocycles. The Hall–Kier alpha value is 0.140. The second kappa shape index (κ2) is 4.97. The van der Waals surface area contributed by atoms with Gasteiger partial charge >= 0.3 is 0 Å². The third-order valence-electron chi connectivity index (χ3n) is 1.40. The molecule has 9 heavy (non-hydrogen) atoms. The molecule has 0 bridgehead atoms. The zero-order valence-corrected chi connectivity index (χ0v) is 7.88. The number of aldehydes is 1. The van der Waals surface area contributed by atoms with Crippen LogP contribution in [0.25, 0.3) is 0 Å². The first-order valence-corrected chi connectivity index (χ1v) is 4.17. The third kappa shape index (κ3) is 3.67. The van der Waals surface area contributed by atoms with Crippen LogP contribution in [0, 0.1) is 5.92 Å². The highest BCUT2D eigenvalue weighted by molar-refractivity contribution is 14.1. The lowest BCUT2D eigenvalue weighted by Crippen LogP contribution is -1.95. The molecule has 0 aromatic heterocycles. The summed E-state index contributed by atoms with van der Waals surface area (Å²) < 4.78 is 2.02. The van der Waals surface area contributed by atoms with Gasteiger partial charge in [0.05, 0.1) is 0 Å². The van der Waals surface area contributed by atoms with Crippen LogP contribution in [0.3, 0.4) is 0 Å². The predicted molar refractivity (Wildman–Crippen MR) is 47.6 cm³/mol. The molecule has 1 atom stereocenters. The lowest BCUT2D eigenvalue weighted by molar-refractivity contribution is -0.108. The highest BCUT2D eigenvalue weighted by Gasteiger charge is 2.00. The smallest absolute Gasteiger partial charge is 0.120 e. The Morgan fingerprint density at radius 2 is 2.33 bits per heavy atom. The Kier molecular flexibility index (Phi) is 5.04. The zero-order valence-electron chi connectivity index (χ0n) is 5.73. The van der Waals surface area contributed by atoms with Crippen LogP contribution >= 0.6 is 22.6 Å². The van der Waals surface area contributed by atoms with Gasteiger partial charge in [0.15, 0.2) is 0 Å². The number of carbonyl (C=O) groups excluding carboxylic acids is 1. The van der Waals surface area contributed by atoms with Gasteiger partial charge in [0, 0.05) is 6.42 Å². The van der Waals surface area contributed by atoms with Gasteiger partial charge in [-0.1, -0.05) is 35.1 Å². The lowest BCUT2D eigenvalue weighted by atomic mass is 10.0. The van der Waals surface area contributed by atoms with Gasteiger partial charge in [0.25, 0.3) is 0 Å². The summed E-state index contributed by atoms with van der Waals surface area (Å²) in [5, 5.41) is 0. The van der Waals surface area contributed by atoms with Crippen molar-refractivity contribution < 1.29 is 4.79 Å². The maximum absolute atomic E-state index is 10.0. The fourth-order valence-electron chi connectivity index (χ4n) is 0.438. The molecule has 0 aliphatic carbocycles. The number of hydrogen-bond acceptors (Lipinski definition) is 1. The molecule has 0 aliphatic heterocycles. The van der Waals surface area contributed by atoms with E-state index in [0.29, 0.717) is 12.3 Å². The molecule has 2 heteroatoms. The van der Waals surface area contributed by atoms with E-state index in [9.17, 15) is 4.79 Å². The van der Waals surface area contributed by atoms with E-state index in [2.05, 4.69) is 29.5 Å². The summed E-state index contributed by atoms with van der Waals surface area (Å²) in [6.07, 6.45) is 1.61. The molecule has 0 unspecified atom stereocenters. The zero-order chi connectivity index (χ0) is 7.28. The highest BCUT2D eigenvalue weighted by atomic mass is 127. The highest BCUT2D eigenvalue weighted by Crippen LogP contribution is 2.13. The first kappa shape index (κ1) is 9.14. The summed E-state index contributed by atoms with van der Waals surface area (Å²) in [5.41, 5.74) is 1.28. The van der Waals surface area contributed by atoms with Crippen molar-refractivity contribution in [2.75, 3.05) is 0 Å². The molecule has 0 amide bonds. The van der Waals surface area contributed by atoms with Crippen LogP contribution in [0.2, 0.25) is 0 Å². The molecular formula is C7H11IO. The Bertz CT molecular complexity index is 118.